The van der Waals surface area contributed by atoms with Crippen LogP contribution in [0.1, 0.15) is 59.9 Å². The average Bonchev–Trinajstić information content (AvgIpc) is 3.08. The Morgan fingerprint density at radius 3 is 2.39 bits per heavy atom. The van der Waals surface area contributed by atoms with E-state index in [9.17, 15) is 9.90 Å². The molecular formula is C23H27N3O2. The molecule has 0 saturated carbocycles. The van der Waals surface area contributed by atoms with Crippen molar-refractivity contribution in [1.82, 2.24) is 9.47 Å². The molecule has 0 spiro atoms. The van der Waals surface area contributed by atoms with Crippen molar-refractivity contribution in [3.05, 3.63) is 52.8 Å². The number of hydrogen-bond acceptors (Lipinski definition) is 4. The third-order valence-electron chi connectivity index (χ3n) is 6.43. The molecule has 0 amide bonds. The smallest absolute Gasteiger partial charge is 0.178 e. The number of aliphatic hydroxyl groups is 1. The van der Waals surface area contributed by atoms with Gasteiger partial charge in [0.2, 0.25) is 0 Å². The summed E-state index contributed by atoms with van der Waals surface area (Å²) in [6.45, 7) is 6.32. The summed E-state index contributed by atoms with van der Waals surface area (Å²) < 4.78 is 2.07. The van der Waals surface area contributed by atoms with Crippen molar-refractivity contribution in [3.63, 3.8) is 0 Å². The third kappa shape index (κ3) is 3.28. The molecule has 0 radical (unpaired) electrons. The molecule has 2 aliphatic heterocycles. The first-order valence-electron chi connectivity index (χ1n) is 10.00. The zero-order valence-corrected chi connectivity index (χ0v) is 16.8. The van der Waals surface area contributed by atoms with Crippen molar-refractivity contribution in [2.24, 2.45) is 0 Å². The van der Waals surface area contributed by atoms with E-state index in [1.54, 1.807) is 12.1 Å². The summed E-state index contributed by atoms with van der Waals surface area (Å²) in [5.74, 6) is 0.145. The first-order chi connectivity index (χ1) is 13.3. The number of benzene rings is 1. The highest BCUT2D eigenvalue weighted by molar-refractivity contribution is 5.99. The van der Waals surface area contributed by atoms with Gasteiger partial charge in [0.05, 0.1) is 23.8 Å². The minimum atomic E-state index is -0.600. The summed E-state index contributed by atoms with van der Waals surface area (Å²) in [7, 11) is 0. The van der Waals surface area contributed by atoms with Gasteiger partial charge in [-0.25, -0.2) is 0 Å². The van der Waals surface area contributed by atoms with Crippen LogP contribution in [0.4, 0.5) is 0 Å². The maximum absolute atomic E-state index is 13.2. The summed E-state index contributed by atoms with van der Waals surface area (Å²) in [6, 6.07) is 12.1. The highest BCUT2D eigenvalue weighted by Crippen LogP contribution is 2.40. The van der Waals surface area contributed by atoms with Gasteiger partial charge in [-0.1, -0.05) is 0 Å². The summed E-state index contributed by atoms with van der Waals surface area (Å²) in [5, 5.41) is 19.4. The molecule has 2 aliphatic rings. The van der Waals surface area contributed by atoms with Crippen molar-refractivity contribution in [2.45, 2.75) is 64.1 Å². The van der Waals surface area contributed by atoms with E-state index in [1.165, 1.54) is 0 Å². The van der Waals surface area contributed by atoms with Crippen molar-refractivity contribution in [2.75, 3.05) is 6.54 Å². The lowest BCUT2D eigenvalue weighted by molar-refractivity contribution is -0.0360. The molecule has 4 rings (SSSR count). The van der Waals surface area contributed by atoms with Crippen LogP contribution in [-0.4, -0.2) is 44.6 Å². The van der Waals surface area contributed by atoms with Crippen LogP contribution in [0, 0.1) is 25.2 Å². The van der Waals surface area contributed by atoms with Gasteiger partial charge in [0.1, 0.15) is 0 Å². The number of rotatable bonds is 4. The molecule has 2 saturated heterocycles. The lowest BCUT2D eigenvalue weighted by Gasteiger charge is -2.41. The molecule has 2 fully saturated rings. The van der Waals surface area contributed by atoms with Crippen LogP contribution in [0.2, 0.25) is 0 Å². The Kier molecular flexibility index (Phi) is 4.65. The Hall–Kier alpha value is -2.42. The number of carbonyl (C=O) groups is 1. The largest absolute Gasteiger partial charge is 0.390 e. The van der Waals surface area contributed by atoms with Crippen LogP contribution in [0.25, 0.3) is 5.69 Å². The maximum atomic E-state index is 13.2. The quantitative estimate of drug-likeness (QED) is 0.828. The van der Waals surface area contributed by atoms with Gasteiger partial charge in [0, 0.05) is 34.7 Å². The monoisotopic (exact) mass is 377 g/mol. The van der Waals surface area contributed by atoms with Crippen molar-refractivity contribution in [1.29, 1.82) is 5.26 Å². The first kappa shape index (κ1) is 18.9. The van der Waals surface area contributed by atoms with E-state index in [2.05, 4.69) is 15.5 Å². The van der Waals surface area contributed by atoms with E-state index < -0.39 is 5.60 Å². The third-order valence-corrected chi connectivity index (χ3v) is 6.43. The minimum absolute atomic E-state index is 0.145. The lowest BCUT2D eigenvalue weighted by Crippen LogP contribution is -2.51. The Bertz CT molecular complexity index is 933. The number of nitrogens with zero attached hydrogens (tertiary/aromatic N) is 3. The molecule has 2 aromatic rings. The molecule has 1 N–H and O–H groups in total. The minimum Gasteiger partial charge on any atom is -0.390 e. The molecule has 3 atom stereocenters. The molecule has 3 heterocycles. The highest BCUT2D eigenvalue weighted by atomic mass is 16.3. The van der Waals surface area contributed by atoms with Crippen molar-refractivity contribution in [3.8, 4) is 11.8 Å². The molecule has 146 valence electrons. The maximum Gasteiger partial charge on any atom is 0.178 e. The zero-order chi connectivity index (χ0) is 20.1. The van der Waals surface area contributed by atoms with E-state index in [4.69, 9.17) is 5.26 Å². The molecule has 5 heteroatoms. The summed E-state index contributed by atoms with van der Waals surface area (Å²) in [4.78, 5) is 15.5. The second-order valence-electron chi connectivity index (χ2n) is 8.66. The van der Waals surface area contributed by atoms with Crippen molar-refractivity contribution < 1.29 is 9.90 Å². The number of Topliss-reactive ketones (excluding diaryl/α,β-unsaturated/α-hetero) is 1. The normalized spacial score (nSPS) is 27.0. The number of fused-ring (bicyclic) bond motifs is 2. The van der Waals surface area contributed by atoms with Gasteiger partial charge in [-0.05, 0) is 76.8 Å². The van der Waals surface area contributed by atoms with Gasteiger partial charge in [-0.15, -0.1) is 0 Å². The summed E-state index contributed by atoms with van der Waals surface area (Å²) in [5.41, 5.74) is 3.69. The lowest BCUT2D eigenvalue weighted by atomic mass is 9.87. The number of aromatic nitrogens is 1. The Morgan fingerprint density at radius 2 is 1.82 bits per heavy atom. The van der Waals surface area contributed by atoms with Gasteiger partial charge >= 0.3 is 0 Å². The fraction of sp³-hybridized carbons (Fsp3) is 0.478. The number of aryl methyl sites for hydroxylation is 1. The van der Waals surface area contributed by atoms with Crippen molar-refractivity contribution >= 4 is 5.78 Å². The average molecular weight is 377 g/mol. The molecule has 28 heavy (non-hydrogen) atoms. The Labute approximate surface area is 166 Å². The molecular weight excluding hydrogens is 350 g/mol. The van der Waals surface area contributed by atoms with Gasteiger partial charge in [-0.3, -0.25) is 9.69 Å². The van der Waals surface area contributed by atoms with E-state index in [0.717, 1.165) is 48.3 Å². The molecule has 5 nitrogen and oxygen atoms in total. The second kappa shape index (κ2) is 6.88. The van der Waals surface area contributed by atoms with Crippen LogP contribution < -0.4 is 0 Å². The van der Waals surface area contributed by atoms with Gasteiger partial charge in [0.25, 0.3) is 0 Å². The number of hydrogen-bond donors (Lipinski definition) is 1. The van der Waals surface area contributed by atoms with Crippen LogP contribution in [0.5, 0.6) is 0 Å². The molecule has 1 aromatic carbocycles. The van der Waals surface area contributed by atoms with E-state index in [-0.39, 0.29) is 5.78 Å². The summed E-state index contributed by atoms with van der Waals surface area (Å²) in [6.07, 6.45) is 3.64. The van der Waals surface area contributed by atoms with E-state index in [0.29, 0.717) is 24.2 Å². The second-order valence-corrected chi connectivity index (χ2v) is 8.66. The standard InChI is InChI=1S/C23H27N3O2/c1-15-10-21(16(2)26(15)18-6-4-17(13-24)5-7-18)22(27)14-25-19-8-9-20(25)12-23(3,28)11-19/h4-7,10,19-20,28H,8-9,11-12,14H2,1-3H3/t19-,20+,23?. The number of carbonyl (C=O) groups excluding carboxylic acids is 1. The number of piperidine rings is 1. The SMILES string of the molecule is Cc1cc(C(=O)CN2[C@@H]3CC[C@H]2CC(C)(O)C3)c(C)n1-c1ccc(C#N)cc1. The molecule has 1 unspecified atom stereocenters. The van der Waals surface area contributed by atoms with E-state index >= 15 is 0 Å². The van der Waals surface area contributed by atoms with Crippen LogP contribution in [-0.2, 0) is 0 Å². The highest BCUT2D eigenvalue weighted by Gasteiger charge is 2.45. The number of ketones is 1. The van der Waals surface area contributed by atoms with E-state index in [1.807, 2.05) is 39.0 Å². The fourth-order valence-electron chi connectivity index (χ4n) is 5.19. The summed E-state index contributed by atoms with van der Waals surface area (Å²) >= 11 is 0. The fourth-order valence-corrected chi connectivity index (χ4v) is 5.19. The van der Waals surface area contributed by atoms with Crippen LogP contribution in [0.15, 0.2) is 30.3 Å². The zero-order valence-electron chi connectivity index (χ0n) is 16.8. The predicted molar refractivity (Wildman–Crippen MR) is 108 cm³/mol. The first-order valence-corrected chi connectivity index (χ1v) is 10.00. The molecule has 0 aliphatic carbocycles. The number of nitriles is 1. The molecule has 1 aromatic heterocycles. The van der Waals surface area contributed by atoms with Gasteiger partial charge < -0.3 is 9.67 Å². The van der Waals surface area contributed by atoms with Gasteiger partial charge in [0.15, 0.2) is 5.78 Å². The Morgan fingerprint density at radius 1 is 1.21 bits per heavy atom. The van der Waals surface area contributed by atoms with Crippen LogP contribution in [0.3, 0.4) is 0 Å². The van der Waals surface area contributed by atoms with Gasteiger partial charge in [-0.2, -0.15) is 5.26 Å². The molecule has 2 bridgehead atoms. The topological polar surface area (TPSA) is 69.3 Å². The Balaban J connectivity index is 1.57. The predicted octanol–water partition coefficient (Wildman–Crippen LogP) is 3.53. The van der Waals surface area contributed by atoms with Crippen LogP contribution >= 0.6 is 0 Å².